The van der Waals surface area contributed by atoms with Crippen molar-refractivity contribution in [2.45, 2.75) is 32.5 Å². The van der Waals surface area contributed by atoms with Gasteiger partial charge >= 0.3 is 6.18 Å². The summed E-state index contributed by atoms with van der Waals surface area (Å²) in [5.74, 6) is -0.240. The number of anilines is 3. The third-order valence-electron chi connectivity index (χ3n) is 6.63. The van der Waals surface area contributed by atoms with E-state index in [1.165, 1.54) is 30.1 Å². The minimum atomic E-state index is -4.64. The second-order valence-electron chi connectivity index (χ2n) is 9.22. The number of H-pyrrole nitrogens is 1. The Morgan fingerprint density at radius 2 is 1.88 bits per heavy atom. The molecule has 4 aromatic rings. The molecular formula is C29H26F3N7O. The Hall–Kier alpha value is -4.93. The number of fused-ring (bicyclic) bond motifs is 1. The van der Waals surface area contributed by atoms with Crippen molar-refractivity contribution < 1.29 is 18.0 Å². The smallest absolute Gasteiger partial charge is 0.382 e. The van der Waals surface area contributed by atoms with Gasteiger partial charge in [0, 0.05) is 36.0 Å². The fourth-order valence-corrected chi connectivity index (χ4v) is 4.42. The van der Waals surface area contributed by atoms with E-state index in [1.807, 2.05) is 30.3 Å². The lowest BCUT2D eigenvalue weighted by Gasteiger charge is -2.14. The van der Waals surface area contributed by atoms with Gasteiger partial charge in [0.25, 0.3) is 5.91 Å². The molecule has 0 saturated carbocycles. The molecule has 11 heteroatoms. The number of carbonyl (C=O) groups excluding carboxylic acids is 1. The fraction of sp³-hybridized carbons (Fsp3) is 0.172. The zero-order chi connectivity index (χ0) is 28.3. The minimum Gasteiger partial charge on any atom is -0.382 e. The average Bonchev–Trinajstić information content (AvgIpc) is 3.20. The molecule has 1 amide bonds. The summed E-state index contributed by atoms with van der Waals surface area (Å²) >= 11 is 0. The van der Waals surface area contributed by atoms with Crippen molar-refractivity contribution in [1.82, 2.24) is 20.2 Å². The molecule has 0 spiro atoms. The van der Waals surface area contributed by atoms with E-state index in [0.29, 0.717) is 17.7 Å². The van der Waals surface area contributed by atoms with Crippen LogP contribution >= 0.6 is 0 Å². The number of hydrogen-bond donors (Lipinski definition) is 4. The van der Waals surface area contributed by atoms with Gasteiger partial charge < -0.3 is 16.4 Å². The summed E-state index contributed by atoms with van der Waals surface area (Å²) in [6.45, 7) is 2.33. The summed E-state index contributed by atoms with van der Waals surface area (Å²) in [6, 6.07) is 11.6. The first-order valence-corrected chi connectivity index (χ1v) is 12.6. The van der Waals surface area contributed by atoms with E-state index in [0.717, 1.165) is 46.2 Å². The highest BCUT2D eigenvalue weighted by Crippen LogP contribution is 2.31. The lowest BCUT2D eigenvalue weighted by molar-refractivity contribution is -0.137. The monoisotopic (exact) mass is 545 g/mol. The number of alkyl halides is 3. The number of pyridine rings is 2. The van der Waals surface area contributed by atoms with Gasteiger partial charge in [0.15, 0.2) is 5.82 Å². The Bertz CT molecular complexity index is 1690. The molecule has 0 bridgehead atoms. The molecule has 8 nitrogen and oxygen atoms in total. The van der Waals surface area contributed by atoms with E-state index < -0.39 is 17.6 Å². The summed E-state index contributed by atoms with van der Waals surface area (Å²) in [4.78, 5) is 20.7. The van der Waals surface area contributed by atoms with Crippen LogP contribution in [0.15, 0.2) is 67.1 Å². The molecule has 1 aliphatic carbocycles. The van der Waals surface area contributed by atoms with Crippen LogP contribution < -0.4 is 26.9 Å². The molecule has 0 fully saturated rings. The Morgan fingerprint density at radius 1 is 1.12 bits per heavy atom. The van der Waals surface area contributed by atoms with Crippen LogP contribution in [0.2, 0.25) is 0 Å². The van der Waals surface area contributed by atoms with Crippen LogP contribution in [0.1, 0.15) is 46.8 Å². The number of aromatic amines is 1. The Morgan fingerprint density at radius 3 is 2.58 bits per heavy atom. The number of nitrogens with zero attached hydrogens (tertiary/aromatic N) is 3. The zero-order valence-corrected chi connectivity index (χ0v) is 21.5. The minimum absolute atomic E-state index is 0.0361. The highest BCUT2D eigenvalue weighted by Gasteiger charge is 2.32. The highest BCUT2D eigenvalue weighted by molar-refractivity contribution is 6.07. The van der Waals surface area contributed by atoms with Gasteiger partial charge in [0.2, 0.25) is 0 Å². The van der Waals surface area contributed by atoms with Crippen molar-refractivity contribution in [2.24, 2.45) is 0 Å². The number of amides is 1. The van der Waals surface area contributed by atoms with Gasteiger partial charge in [-0.1, -0.05) is 37.3 Å². The molecule has 40 heavy (non-hydrogen) atoms. The van der Waals surface area contributed by atoms with Gasteiger partial charge in [-0.05, 0) is 59.4 Å². The van der Waals surface area contributed by atoms with Crippen LogP contribution in [0.3, 0.4) is 0 Å². The number of allylic oxidation sites excluding steroid dienone is 2. The second kappa shape index (κ2) is 11.0. The molecule has 0 saturated heterocycles. The van der Waals surface area contributed by atoms with E-state index in [1.54, 1.807) is 0 Å². The molecule has 0 atom stereocenters. The normalized spacial score (nSPS) is 13.1. The first kappa shape index (κ1) is 26.7. The quantitative estimate of drug-likeness (QED) is 0.272. The molecule has 1 aromatic carbocycles. The molecular weight excluding hydrogens is 519 g/mol. The summed E-state index contributed by atoms with van der Waals surface area (Å²) < 4.78 is 40.1. The largest absolute Gasteiger partial charge is 0.417 e. The third-order valence-corrected chi connectivity index (χ3v) is 6.63. The molecule has 1 aliphatic rings. The first-order chi connectivity index (χ1) is 19.2. The van der Waals surface area contributed by atoms with Crippen molar-refractivity contribution in [2.75, 3.05) is 16.4 Å². The number of nitrogens with one attached hydrogen (secondary N) is 3. The third kappa shape index (κ3) is 5.73. The van der Waals surface area contributed by atoms with Crippen LogP contribution in [0.4, 0.5) is 30.5 Å². The average molecular weight is 546 g/mol. The van der Waals surface area contributed by atoms with Gasteiger partial charge in [-0.3, -0.25) is 14.9 Å². The SMILES string of the molecule is CCC1=c2[nH]nc(N)c2=CC(c2ccc(CNc3ncc(C(F)(F)F)cc3C(=O)Nc3ccncc3)cc2)=CC1. The highest BCUT2D eigenvalue weighted by atomic mass is 19.4. The van der Waals surface area contributed by atoms with Gasteiger partial charge in [0.05, 0.1) is 16.5 Å². The van der Waals surface area contributed by atoms with E-state index in [4.69, 9.17) is 5.73 Å². The molecule has 3 heterocycles. The lowest BCUT2D eigenvalue weighted by Crippen LogP contribution is -2.26. The summed E-state index contributed by atoms with van der Waals surface area (Å²) in [5.41, 5.74) is 9.32. The van der Waals surface area contributed by atoms with Crippen molar-refractivity contribution in [3.05, 3.63) is 100.0 Å². The van der Waals surface area contributed by atoms with Crippen LogP contribution in [-0.2, 0) is 12.7 Å². The van der Waals surface area contributed by atoms with Crippen LogP contribution in [0.5, 0.6) is 0 Å². The number of aromatic nitrogens is 4. The predicted octanol–water partition coefficient (Wildman–Crippen LogP) is 4.49. The maximum Gasteiger partial charge on any atom is 0.417 e. The maximum atomic E-state index is 13.4. The number of hydrogen-bond acceptors (Lipinski definition) is 6. The number of benzene rings is 1. The number of rotatable bonds is 7. The van der Waals surface area contributed by atoms with Crippen LogP contribution in [0.25, 0.3) is 17.2 Å². The first-order valence-electron chi connectivity index (χ1n) is 12.6. The van der Waals surface area contributed by atoms with Gasteiger partial charge in [0.1, 0.15) is 5.82 Å². The molecule has 5 N–H and O–H groups in total. The zero-order valence-electron chi connectivity index (χ0n) is 21.5. The molecule has 204 valence electrons. The van der Waals surface area contributed by atoms with E-state index in [9.17, 15) is 18.0 Å². The van der Waals surface area contributed by atoms with Gasteiger partial charge in [-0.25, -0.2) is 4.98 Å². The van der Waals surface area contributed by atoms with Crippen LogP contribution in [-0.4, -0.2) is 26.1 Å². The van der Waals surface area contributed by atoms with Crippen molar-refractivity contribution in [1.29, 1.82) is 0 Å². The van der Waals surface area contributed by atoms with Crippen molar-refractivity contribution >= 4 is 40.5 Å². The summed E-state index contributed by atoms with van der Waals surface area (Å²) in [7, 11) is 0. The number of nitrogen functional groups attached to an aromatic ring is 1. The predicted molar refractivity (Wildman–Crippen MR) is 148 cm³/mol. The number of nitrogens with two attached hydrogens (primary N) is 1. The van der Waals surface area contributed by atoms with E-state index >= 15 is 0 Å². The summed E-state index contributed by atoms with van der Waals surface area (Å²) in [5, 5.41) is 14.6. The Labute approximate surface area is 227 Å². The molecule has 3 aromatic heterocycles. The summed E-state index contributed by atoms with van der Waals surface area (Å²) in [6.07, 6.45) is 4.81. The van der Waals surface area contributed by atoms with Gasteiger partial charge in [-0.15, -0.1) is 0 Å². The maximum absolute atomic E-state index is 13.4. The molecule has 0 aliphatic heterocycles. The van der Waals surface area contributed by atoms with Crippen molar-refractivity contribution in [3.63, 3.8) is 0 Å². The van der Waals surface area contributed by atoms with Crippen molar-refractivity contribution in [3.8, 4) is 0 Å². The van der Waals surface area contributed by atoms with Crippen LogP contribution in [0, 0.1) is 0 Å². The topological polar surface area (TPSA) is 122 Å². The fourth-order valence-electron chi connectivity index (χ4n) is 4.42. The molecule has 0 radical (unpaired) electrons. The lowest BCUT2D eigenvalue weighted by atomic mass is 10.0. The van der Waals surface area contributed by atoms with Gasteiger partial charge in [-0.2, -0.15) is 18.3 Å². The van der Waals surface area contributed by atoms with E-state index in [-0.39, 0.29) is 17.9 Å². The molecule has 5 rings (SSSR count). The second-order valence-corrected chi connectivity index (χ2v) is 9.22. The standard InChI is InChI=1S/C29H26F3N7O/c1-2-18-7-8-20(13-23-25(18)38-39-26(23)33)19-5-3-17(4-6-19)15-35-27-24(14-21(16-36-27)29(30,31)32)28(40)37-22-9-11-34-12-10-22/h3-6,8-14,16,38H,2,7,15H2,1H3,(H2,33,39)(H,35,36)(H,34,37,40). The number of carbonyl (C=O) groups is 1. The Kier molecular flexibility index (Phi) is 7.37. The Balaban J connectivity index is 1.36. The number of halogens is 3. The molecule has 0 unspecified atom stereocenters. The van der Waals surface area contributed by atoms with E-state index in [2.05, 4.69) is 43.8 Å².